The van der Waals surface area contributed by atoms with Crippen LogP contribution >= 0.6 is 11.1 Å². The van der Waals surface area contributed by atoms with Crippen LogP contribution in [-0.4, -0.2) is 92.0 Å². The first-order valence-electron chi connectivity index (χ1n) is 14.1. The van der Waals surface area contributed by atoms with Crippen molar-refractivity contribution in [2.45, 2.75) is 20.8 Å². The van der Waals surface area contributed by atoms with Gasteiger partial charge in [0.1, 0.15) is 0 Å². The maximum absolute atomic E-state index is 8.61. The van der Waals surface area contributed by atoms with Crippen LogP contribution in [0.25, 0.3) is 0 Å². The second-order valence-electron chi connectivity index (χ2n) is 12.5. The van der Waals surface area contributed by atoms with Gasteiger partial charge < -0.3 is 29.4 Å². The van der Waals surface area contributed by atoms with E-state index in [1.54, 1.807) is 0 Å². The molecule has 0 amide bonds. The molecule has 0 fully saturated rings. The Hall–Kier alpha value is -3.03. The number of halogens is 1. The molecule has 224 valence electrons. The van der Waals surface area contributed by atoms with Crippen LogP contribution in [0.2, 0.25) is 0 Å². The molecule has 41 heavy (non-hydrogen) atoms. The molecule has 8 heteroatoms. The predicted octanol–water partition coefficient (Wildman–Crippen LogP) is 4.21. The normalized spacial score (nSPS) is 11.4. The van der Waals surface area contributed by atoms with Gasteiger partial charge >= 0.3 is 0 Å². The third-order valence-corrected chi connectivity index (χ3v) is 13.1. The van der Waals surface area contributed by atoms with E-state index in [9.17, 15) is 0 Å². The molecule has 6 nitrogen and oxygen atoms in total. The Morgan fingerprint density at radius 1 is 0.390 bits per heavy atom. The van der Waals surface area contributed by atoms with Gasteiger partial charge in [0, 0.05) is 119 Å². The molecule has 3 aromatic rings. The van der Waals surface area contributed by atoms with E-state index in [-0.39, 0.29) is 0 Å². The van der Waals surface area contributed by atoms with Gasteiger partial charge in [-0.25, -0.2) is 0 Å². The number of aryl methyl sites for hydroxylation is 3. The van der Waals surface area contributed by atoms with E-state index in [1.807, 2.05) is 0 Å². The molecule has 0 heterocycles. The first kappa shape index (κ1) is 32.5. The second-order valence-corrected chi connectivity index (χ2v) is 17.1. The highest BCUT2D eigenvalue weighted by Gasteiger charge is 2.46. The average molecular weight is 595 g/mol. The summed E-state index contributed by atoms with van der Waals surface area (Å²) in [7, 11) is 22.2. The van der Waals surface area contributed by atoms with Gasteiger partial charge in [0.15, 0.2) is 0 Å². The van der Waals surface area contributed by atoms with E-state index in [4.69, 9.17) is 11.1 Å². The first-order chi connectivity index (χ1) is 18.9. The van der Waals surface area contributed by atoms with E-state index in [1.165, 1.54) is 49.3 Å². The molecule has 0 aromatic heterocycles. The van der Waals surface area contributed by atoms with E-state index >= 15 is 0 Å². The molecular formula is C33H51ClN6Si. The third kappa shape index (κ3) is 5.98. The van der Waals surface area contributed by atoms with Crippen LogP contribution in [-0.2, 0) is 0 Å². The Morgan fingerprint density at radius 2 is 0.610 bits per heavy atom. The molecule has 0 aliphatic heterocycles. The zero-order valence-corrected chi connectivity index (χ0v) is 29.8. The maximum atomic E-state index is 8.61. The summed E-state index contributed by atoms with van der Waals surface area (Å²) in [6.45, 7) is 6.63. The lowest BCUT2D eigenvalue weighted by molar-refractivity contribution is 1.09. The van der Waals surface area contributed by atoms with Crippen LogP contribution in [0.4, 0.5) is 34.1 Å². The monoisotopic (exact) mass is 594 g/mol. The van der Waals surface area contributed by atoms with Gasteiger partial charge in [0.05, 0.1) is 0 Å². The number of anilines is 6. The minimum Gasteiger partial charge on any atom is -0.378 e. The number of hydrogen-bond acceptors (Lipinski definition) is 6. The molecule has 0 N–H and O–H groups in total. The molecule has 0 aliphatic carbocycles. The standard InChI is InChI=1S/C33H51ClN6Si/c1-22-16-25(35(4)5)19-28(31(22)38(10)11)41(34,29-20-26(36(6)7)17-23(2)32(29)39(12)13)30-21-27(37(8)9)18-24(3)33(30)40(14)15/h16-21H,1-15H3. The van der Waals surface area contributed by atoms with E-state index in [2.05, 4.69) is 171 Å². The van der Waals surface area contributed by atoms with Crippen molar-refractivity contribution in [2.75, 3.05) is 114 Å². The molecule has 0 bridgehead atoms. The molecule has 3 rings (SSSR count). The Balaban J connectivity index is 2.78. The van der Waals surface area contributed by atoms with Gasteiger partial charge in [-0.3, -0.25) is 0 Å². The summed E-state index contributed by atoms with van der Waals surface area (Å²) < 4.78 is 0. The van der Waals surface area contributed by atoms with Crippen molar-refractivity contribution in [3.8, 4) is 0 Å². The maximum Gasteiger partial charge on any atom is 0.254 e. The largest absolute Gasteiger partial charge is 0.378 e. The van der Waals surface area contributed by atoms with Crippen molar-refractivity contribution in [1.29, 1.82) is 0 Å². The number of benzene rings is 3. The van der Waals surface area contributed by atoms with Gasteiger partial charge in [0.2, 0.25) is 0 Å². The summed E-state index contributed by atoms with van der Waals surface area (Å²) in [5.74, 6) is 0. The van der Waals surface area contributed by atoms with Crippen molar-refractivity contribution in [2.24, 2.45) is 0 Å². The molecule has 0 saturated carbocycles. The van der Waals surface area contributed by atoms with Crippen molar-refractivity contribution in [1.82, 2.24) is 0 Å². The first-order valence-corrected chi connectivity index (χ1v) is 17.1. The highest BCUT2D eigenvalue weighted by molar-refractivity contribution is 7.41. The van der Waals surface area contributed by atoms with Crippen molar-refractivity contribution in [3.05, 3.63) is 53.1 Å². The van der Waals surface area contributed by atoms with Crippen LogP contribution in [0, 0.1) is 20.8 Å². The molecule has 0 spiro atoms. The molecule has 0 atom stereocenters. The molecule has 0 aliphatic rings. The van der Waals surface area contributed by atoms with E-state index in [0.717, 1.165) is 17.1 Å². The summed E-state index contributed by atoms with van der Waals surface area (Å²) in [6.07, 6.45) is 0. The summed E-state index contributed by atoms with van der Waals surface area (Å²) in [5.41, 5.74) is 10.7. The molecule has 3 aromatic carbocycles. The average Bonchev–Trinajstić information content (AvgIpc) is 2.85. The topological polar surface area (TPSA) is 19.4 Å². The van der Waals surface area contributed by atoms with E-state index in [0.29, 0.717) is 0 Å². The summed E-state index contributed by atoms with van der Waals surface area (Å²) in [6, 6.07) is 13.8. The molecule has 0 radical (unpaired) electrons. The second kappa shape index (κ2) is 12.1. The minimum absolute atomic E-state index is 1.15. The van der Waals surface area contributed by atoms with E-state index < -0.39 is 7.38 Å². The molecule has 0 unspecified atom stereocenters. The smallest absolute Gasteiger partial charge is 0.254 e. The van der Waals surface area contributed by atoms with Crippen LogP contribution < -0.4 is 45.0 Å². The van der Waals surface area contributed by atoms with Gasteiger partial charge in [-0.05, 0) is 89.4 Å². The lowest BCUT2D eigenvalue weighted by Gasteiger charge is -2.38. The van der Waals surface area contributed by atoms with Crippen LogP contribution in [0.3, 0.4) is 0 Å². The van der Waals surface area contributed by atoms with Gasteiger partial charge in [-0.15, -0.1) is 11.1 Å². The zero-order chi connectivity index (χ0) is 31.1. The Kier molecular flexibility index (Phi) is 9.56. The highest BCUT2D eigenvalue weighted by atomic mass is 35.6. The fourth-order valence-corrected chi connectivity index (χ4v) is 11.5. The van der Waals surface area contributed by atoms with Crippen LogP contribution in [0.15, 0.2) is 36.4 Å². The minimum atomic E-state index is -3.26. The summed E-state index contributed by atoms with van der Waals surface area (Å²) >= 11 is 8.61. The molecular weight excluding hydrogens is 544 g/mol. The fraction of sp³-hybridized carbons (Fsp3) is 0.455. The van der Waals surface area contributed by atoms with Crippen molar-refractivity contribution >= 4 is 68.1 Å². The number of nitrogens with zero attached hydrogens (tertiary/aromatic N) is 6. The summed E-state index contributed by atoms with van der Waals surface area (Å²) in [5, 5.41) is 3.60. The molecule has 0 saturated heterocycles. The van der Waals surface area contributed by atoms with Crippen molar-refractivity contribution in [3.63, 3.8) is 0 Å². The summed E-state index contributed by atoms with van der Waals surface area (Å²) in [4.78, 5) is 13.3. The predicted molar refractivity (Wildman–Crippen MR) is 190 cm³/mol. The Morgan fingerprint density at radius 3 is 0.780 bits per heavy atom. The van der Waals surface area contributed by atoms with Gasteiger partial charge in [-0.1, -0.05) is 0 Å². The number of hydrogen-bond donors (Lipinski definition) is 0. The zero-order valence-electron chi connectivity index (χ0n) is 28.0. The Labute approximate surface area is 255 Å². The van der Waals surface area contributed by atoms with Crippen molar-refractivity contribution < 1.29 is 0 Å². The van der Waals surface area contributed by atoms with Crippen LogP contribution in [0.5, 0.6) is 0 Å². The van der Waals surface area contributed by atoms with Gasteiger partial charge in [0.25, 0.3) is 7.38 Å². The Bertz CT molecular complexity index is 1240. The quantitative estimate of drug-likeness (QED) is 0.208. The SMILES string of the molecule is Cc1cc(N(C)C)cc([Si](Cl)(c2cc(N(C)C)cc(C)c2N(C)C)c2cc(N(C)C)cc(C)c2N(C)C)c1N(C)C. The highest BCUT2D eigenvalue weighted by Crippen LogP contribution is 2.34. The van der Waals surface area contributed by atoms with Gasteiger partial charge in [-0.2, -0.15) is 0 Å². The lowest BCUT2D eigenvalue weighted by atomic mass is 10.1. The lowest BCUT2D eigenvalue weighted by Crippen LogP contribution is -2.65. The van der Waals surface area contributed by atoms with Crippen LogP contribution in [0.1, 0.15) is 16.7 Å². The number of rotatable bonds is 9. The fourth-order valence-electron chi connectivity index (χ4n) is 6.06. The third-order valence-electron chi connectivity index (χ3n) is 7.86.